The summed E-state index contributed by atoms with van der Waals surface area (Å²) in [7, 11) is 2.07. The van der Waals surface area contributed by atoms with E-state index in [9.17, 15) is 4.79 Å². The van der Waals surface area contributed by atoms with Crippen LogP contribution in [0.2, 0.25) is 0 Å². The summed E-state index contributed by atoms with van der Waals surface area (Å²) in [4.78, 5) is 13.0. The summed E-state index contributed by atoms with van der Waals surface area (Å²) >= 11 is 0. The molecule has 3 nitrogen and oxygen atoms in total. The van der Waals surface area contributed by atoms with Crippen LogP contribution in [0.3, 0.4) is 0 Å². The molecule has 3 heteroatoms. The number of hydrogen-bond donors (Lipinski definition) is 1. The molecular formula is C27H28N2O. The minimum atomic E-state index is 0.0829. The molecule has 1 aromatic heterocycles. The van der Waals surface area contributed by atoms with E-state index in [1.165, 1.54) is 22.0 Å². The van der Waals surface area contributed by atoms with Gasteiger partial charge in [-0.05, 0) is 28.7 Å². The lowest BCUT2D eigenvalue weighted by Gasteiger charge is -2.24. The summed E-state index contributed by atoms with van der Waals surface area (Å²) < 4.78 is 2.16. The van der Waals surface area contributed by atoms with Gasteiger partial charge in [-0.25, -0.2) is 0 Å². The van der Waals surface area contributed by atoms with E-state index in [2.05, 4.69) is 78.6 Å². The van der Waals surface area contributed by atoms with Crippen LogP contribution in [0.1, 0.15) is 41.9 Å². The molecule has 0 bridgehead atoms. The Bertz CT molecular complexity index is 1120. The predicted molar refractivity (Wildman–Crippen MR) is 123 cm³/mol. The van der Waals surface area contributed by atoms with Crippen molar-refractivity contribution in [2.45, 2.75) is 31.7 Å². The van der Waals surface area contributed by atoms with E-state index in [-0.39, 0.29) is 17.7 Å². The molecule has 1 heterocycles. The molecular weight excluding hydrogens is 368 g/mol. The van der Waals surface area contributed by atoms with Gasteiger partial charge in [-0.2, -0.15) is 0 Å². The fourth-order valence-corrected chi connectivity index (χ4v) is 4.28. The average molecular weight is 397 g/mol. The SMILES string of the molecule is C[C@H](c1ccccc1)[C@H](CC(=O)NCc1ccccc1)c1cn(C)c2ccccc12. The van der Waals surface area contributed by atoms with Crippen molar-refractivity contribution in [3.63, 3.8) is 0 Å². The van der Waals surface area contributed by atoms with Crippen LogP contribution in [-0.4, -0.2) is 10.5 Å². The smallest absolute Gasteiger partial charge is 0.220 e. The monoisotopic (exact) mass is 396 g/mol. The highest BCUT2D eigenvalue weighted by atomic mass is 16.1. The lowest BCUT2D eigenvalue weighted by molar-refractivity contribution is -0.121. The molecule has 1 N–H and O–H groups in total. The maximum atomic E-state index is 13.0. The number of nitrogens with zero attached hydrogens (tertiary/aromatic N) is 1. The lowest BCUT2D eigenvalue weighted by Crippen LogP contribution is -2.26. The van der Waals surface area contributed by atoms with Crippen LogP contribution in [0, 0.1) is 0 Å². The van der Waals surface area contributed by atoms with Crippen molar-refractivity contribution in [2.24, 2.45) is 7.05 Å². The number of aryl methyl sites for hydroxylation is 1. The van der Waals surface area contributed by atoms with Gasteiger partial charge in [0, 0.05) is 43.0 Å². The predicted octanol–water partition coefficient (Wildman–Crippen LogP) is 5.77. The van der Waals surface area contributed by atoms with Gasteiger partial charge in [0.05, 0.1) is 0 Å². The third kappa shape index (κ3) is 4.30. The third-order valence-electron chi connectivity index (χ3n) is 5.99. The molecule has 4 aromatic rings. The Kier molecular flexibility index (Phi) is 5.99. The minimum Gasteiger partial charge on any atom is -0.352 e. The zero-order valence-corrected chi connectivity index (χ0v) is 17.6. The fraction of sp³-hybridized carbons (Fsp3) is 0.222. The van der Waals surface area contributed by atoms with Gasteiger partial charge < -0.3 is 9.88 Å². The van der Waals surface area contributed by atoms with Crippen molar-refractivity contribution in [2.75, 3.05) is 0 Å². The van der Waals surface area contributed by atoms with Crippen LogP contribution >= 0.6 is 0 Å². The Morgan fingerprint density at radius 3 is 2.27 bits per heavy atom. The number of fused-ring (bicyclic) bond motifs is 1. The van der Waals surface area contributed by atoms with E-state index >= 15 is 0 Å². The summed E-state index contributed by atoms with van der Waals surface area (Å²) in [6, 6.07) is 29.0. The highest BCUT2D eigenvalue weighted by molar-refractivity contribution is 5.86. The van der Waals surface area contributed by atoms with Crippen molar-refractivity contribution in [1.29, 1.82) is 0 Å². The number of carbonyl (C=O) groups is 1. The molecule has 0 saturated heterocycles. The molecule has 3 aromatic carbocycles. The lowest BCUT2D eigenvalue weighted by atomic mass is 9.80. The van der Waals surface area contributed by atoms with Crippen LogP contribution in [0.15, 0.2) is 91.1 Å². The van der Waals surface area contributed by atoms with Gasteiger partial charge in [-0.3, -0.25) is 4.79 Å². The Hall–Kier alpha value is -3.33. The average Bonchev–Trinajstić information content (AvgIpc) is 3.13. The molecule has 0 fully saturated rings. The summed E-state index contributed by atoms with van der Waals surface area (Å²) in [5.74, 6) is 0.397. The zero-order valence-electron chi connectivity index (χ0n) is 17.6. The Labute approximate surface area is 178 Å². The molecule has 0 radical (unpaired) electrons. The topological polar surface area (TPSA) is 34.0 Å². The quantitative estimate of drug-likeness (QED) is 0.423. The van der Waals surface area contributed by atoms with E-state index in [4.69, 9.17) is 0 Å². The van der Waals surface area contributed by atoms with E-state index < -0.39 is 0 Å². The van der Waals surface area contributed by atoms with Gasteiger partial charge in [-0.1, -0.05) is 85.8 Å². The number of nitrogens with one attached hydrogen (secondary N) is 1. The Balaban J connectivity index is 1.62. The van der Waals surface area contributed by atoms with Gasteiger partial charge in [0.25, 0.3) is 0 Å². The second-order valence-electron chi connectivity index (χ2n) is 7.98. The molecule has 4 rings (SSSR count). The molecule has 0 spiro atoms. The van der Waals surface area contributed by atoms with Gasteiger partial charge in [0.15, 0.2) is 0 Å². The van der Waals surface area contributed by atoms with Crippen LogP contribution < -0.4 is 5.32 Å². The maximum Gasteiger partial charge on any atom is 0.220 e. The Morgan fingerprint density at radius 1 is 0.900 bits per heavy atom. The molecule has 1 amide bonds. The van der Waals surface area contributed by atoms with E-state index in [1.54, 1.807) is 0 Å². The van der Waals surface area contributed by atoms with Crippen molar-refractivity contribution in [3.8, 4) is 0 Å². The van der Waals surface area contributed by atoms with Crippen LogP contribution in [0.5, 0.6) is 0 Å². The van der Waals surface area contributed by atoms with Gasteiger partial charge in [0.2, 0.25) is 5.91 Å². The second-order valence-corrected chi connectivity index (χ2v) is 7.98. The van der Waals surface area contributed by atoms with Crippen LogP contribution in [-0.2, 0) is 18.4 Å². The molecule has 0 unspecified atom stereocenters. The number of hydrogen-bond acceptors (Lipinski definition) is 1. The standard InChI is InChI=1S/C27H28N2O/c1-20(22-13-7-4-8-14-22)24(17-27(30)28-18-21-11-5-3-6-12-21)25-19-29(2)26-16-10-9-15-23(25)26/h3-16,19-20,24H,17-18H2,1-2H3,(H,28,30)/t20-,24+/m1/s1. The minimum absolute atomic E-state index is 0.0829. The summed E-state index contributed by atoms with van der Waals surface area (Å²) in [5, 5.41) is 4.34. The molecule has 0 aliphatic rings. The number of para-hydroxylation sites is 1. The molecule has 0 aliphatic heterocycles. The first-order valence-electron chi connectivity index (χ1n) is 10.5. The normalized spacial score (nSPS) is 13.1. The number of amides is 1. The van der Waals surface area contributed by atoms with Crippen LogP contribution in [0.4, 0.5) is 0 Å². The van der Waals surface area contributed by atoms with Crippen molar-refractivity contribution in [1.82, 2.24) is 9.88 Å². The zero-order chi connectivity index (χ0) is 20.9. The van der Waals surface area contributed by atoms with Crippen LogP contribution in [0.25, 0.3) is 10.9 Å². The molecule has 30 heavy (non-hydrogen) atoms. The van der Waals surface area contributed by atoms with Gasteiger partial charge >= 0.3 is 0 Å². The first-order chi connectivity index (χ1) is 14.6. The summed E-state index contributed by atoms with van der Waals surface area (Å²) in [6.45, 7) is 2.79. The first kappa shape index (κ1) is 20.0. The van der Waals surface area contributed by atoms with Gasteiger partial charge in [0.1, 0.15) is 0 Å². The fourth-order valence-electron chi connectivity index (χ4n) is 4.28. The van der Waals surface area contributed by atoms with Crippen molar-refractivity contribution >= 4 is 16.8 Å². The highest BCUT2D eigenvalue weighted by Crippen LogP contribution is 2.39. The number of carbonyl (C=O) groups excluding carboxylic acids is 1. The molecule has 152 valence electrons. The maximum absolute atomic E-state index is 13.0. The summed E-state index contributed by atoms with van der Waals surface area (Å²) in [5.41, 5.74) is 4.80. The summed E-state index contributed by atoms with van der Waals surface area (Å²) in [6.07, 6.45) is 2.65. The second kappa shape index (κ2) is 9.00. The van der Waals surface area contributed by atoms with E-state index in [0.29, 0.717) is 13.0 Å². The third-order valence-corrected chi connectivity index (χ3v) is 5.99. The number of aromatic nitrogens is 1. The van der Waals surface area contributed by atoms with Crippen molar-refractivity contribution in [3.05, 3.63) is 108 Å². The van der Waals surface area contributed by atoms with E-state index in [1.807, 2.05) is 36.4 Å². The molecule has 0 aliphatic carbocycles. The number of rotatable bonds is 7. The molecule has 2 atom stereocenters. The van der Waals surface area contributed by atoms with Crippen molar-refractivity contribution < 1.29 is 4.79 Å². The first-order valence-corrected chi connectivity index (χ1v) is 10.5. The largest absolute Gasteiger partial charge is 0.352 e. The van der Waals surface area contributed by atoms with Gasteiger partial charge in [-0.15, -0.1) is 0 Å². The van der Waals surface area contributed by atoms with E-state index in [0.717, 1.165) is 5.56 Å². The Morgan fingerprint density at radius 2 is 1.53 bits per heavy atom. The molecule has 0 saturated carbocycles. The number of benzene rings is 3. The highest BCUT2D eigenvalue weighted by Gasteiger charge is 2.26.